The molecule has 1 aliphatic carbocycles. The van der Waals surface area contributed by atoms with Crippen LogP contribution in [0.5, 0.6) is 0 Å². The number of rotatable bonds is 0. The summed E-state index contributed by atoms with van der Waals surface area (Å²) >= 11 is 0. The second-order valence-electron chi connectivity index (χ2n) is 2.21. The van der Waals surface area contributed by atoms with E-state index in [1.165, 1.54) is 19.1 Å². The van der Waals surface area contributed by atoms with Crippen molar-refractivity contribution in [3.8, 4) is 0 Å². The van der Waals surface area contributed by atoms with Gasteiger partial charge in [-0.05, 0) is 6.08 Å². The number of alkyl halides is 2. The van der Waals surface area contributed by atoms with E-state index in [1.54, 1.807) is 6.08 Å². The topological polar surface area (TPSA) is 0 Å². The van der Waals surface area contributed by atoms with Crippen LogP contribution >= 0.6 is 0 Å². The third-order valence-corrected chi connectivity index (χ3v) is 1.44. The number of allylic oxidation sites excluding steroid dienone is 4. The Kier molecular flexibility index (Phi) is 1.39. The van der Waals surface area contributed by atoms with E-state index in [0.717, 1.165) is 6.08 Å². The van der Waals surface area contributed by atoms with Gasteiger partial charge in [0, 0.05) is 5.92 Å². The van der Waals surface area contributed by atoms with Gasteiger partial charge in [0.15, 0.2) is 0 Å². The van der Waals surface area contributed by atoms with E-state index in [-0.39, 0.29) is 0 Å². The first-order chi connectivity index (χ1) is 4.13. The third-order valence-electron chi connectivity index (χ3n) is 1.44. The van der Waals surface area contributed by atoms with E-state index in [2.05, 4.69) is 0 Å². The van der Waals surface area contributed by atoms with Crippen molar-refractivity contribution in [1.82, 2.24) is 0 Å². The van der Waals surface area contributed by atoms with Crippen molar-refractivity contribution >= 4 is 0 Å². The van der Waals surface area contributed by atoms with Crippen molar-refractivity contribution in [1.29, 1.82) is 0 Å². The lowest BCUT2D eigenvalue weighted by Gasteiger charge is -2.18. The molecule has 1 rings (SSSR count). The molecule has 1 aliphatic rings. The summed E-state index contributed by atoms with van der Waals surface area (Å²) in [5, 5.41) is 0. The molecule has 9 heavy (non-hydrogen) atoms. The number of hydrogen-bond acceptors (Lipinski definition) is 0. The van der Waals surface area contributed by atoms with Crippen LogP contribution < -0.4 is 0 Å². The Morgan fingerprint density at radius 3 is 2.33 bits per heavy atom. The molecule has 0 saturated carbocycles. The zero-order valence-electron chi connectivity index (χ0n) is 5.14. The molecule has 0 aliphatic heterocycles. The first-order valence-corrected chi connectivity index (χ1v) is 2.87. The molecule has 0 aromatic heterocycles. The summed E-state index contributed by atoms with van der Waals surface area (Å²) in [7, 11) is 0. The predicted octanol–water partition coefficient (Wildman–Crippen LogP) is 2.38. The molecule has 0 aromatic carbocycles. The van der Waals surface area contributed by atoms with Crippen LogP contribution in [-0.4, -0.2) is 5.92 Å². The Labute approximate surface area is 52.9 Å². The quantitative estimate of drug-likeness (QED) is 0.472. The normalized spacial score (nSPS) is 30.8. The van der Waals surface area contributed by atoms with Crippen LogP contribution in [0.4, 0.5) is 8.78 Å². The molecule has 0 nitrogen and oxygen atoms in total. The highest BCUT2D eigenvalue weighted by Crippen LogP contribution is 2.29. The minimum absolute atomic E-state index is 0.650. The molecule has 0 N–H and O–H groups in total. The van der Waals surface area contributed by atoms with Crippen LogP contribution in [-0.2, 0) is 0 Å². The molecule has 0 amide bonds. The van der Waals surface area contributed by atoms with Crippen LogP contribution in [0.2, 0.25) is 0 Å². The zero-order chi connectivity index (χ0) is 6.91. The summed E-state index contributed by atoms with van der Waals surface area (Å²) < 4.78 is 24.9. The number of halogens is 2. The minimum Gasteiger partial charge on any atom is -0.201 e. The molecule has 1 atom stereocenters. The monoisotopic (exact) mass is 130 g/mol. The summed E-state index contributed by atoms with van der Waals surface area (Å²) in [6, 6.07) is 0. The fraction of sp³-hybridized carbons (Fsp3) is 0.429. The van der Waals surface area contributed by atoms with Gasteiger partial charge in [0.2, 0.25) is 0 Å². The van der Waals surface area contributed by atoms with Crippen LogP contribution in [0, 0.1) is 5.92 Å². The van der Waals surface area contributed by atoms with Gasteiger partial charge >= 0.3 is 0 Å². The molecule has 0 heterocycles. The highest BCUT2D eigenvalue weighted by molar-refractivity contribution is 5.17. The second-order valence-corrected chi connectivity index (χ2v) is 2.21. The van der Waals surface area contributed by atoms with E-state index in [4.69, 9.17) is 0 Å². The molecule has 0 saturated heterocycles. The van der Waals surface area contributed by atoms with Crippen molar-refractivity contribution in [2.45, 2.75) is 12.8 Å². The lowest BCUT2D eigenvalue weighted by molar-refractivity contribution is 0.0163. The Bertz CT molecular complexity index is 156. The van der Waals surface area contributed by atoms with Gasteiger partial charge in [-0.15, -0.1) is 0 Å². The van der Waals surface area contributed by atoms with Crippen LogP contribution in [0.15, 0.2) is 24.3 Å². The lowest BCUT2D eigenvalue weighted by atomic mass is 9.99. The number of hydrogen-bond donors (Lipinski definition) is 0. The second kappa shape index (κ2) is 1.94. The lowest BCUT2D eigenvalue weighted by Crippen LogP contribution is -2.22. The van der Waals surface area contributed by atoms with Crippen molar-refractivity contribution in [2.75, 3.05) is 0 Å². The highest BCUT2D eigenvalue weighted by Gasteiger charge is 2.32. The van der Waals surface area contributed by atoms with Gasteiger partial charge in [-0.3, -0.25) is 0 Å². The van der Waals surface area contributed by atoms with Crippen molar-refractivity contribution in [2.24, 2.45) is 5.92 Å². The summed E-state index contributed by atoms with van der Waals surface area (Å²) in [5.41, 5.74) is 0. The molecular formula is C7H8F2. The van der Waals surface area contributed by atoms with E-state index >= 15 is 0 Å². The van der Waals surface area contributed by atoms with Crippen molar-refractivity contribution in [3.63, 3.8) is 0 Å². The maximum Gasteiger partial charge on any atom is 0.272 e. The fourth-order valence-corrected chi connectivity index (χ4v) is 0.695. The predicted molar refractivity (Wildman–Crippen MR) is 32.4 cm³/mol. The van der Waals surface area contributed by atoms with Gasteiger partial charge in [0.1, 0.15) is 0 Å². The molecule has 2 heteroatoms. The fourth-order valence-electron chi connectivity index (χ4n) is 0.695. The van der Waals surface area contributed by atoms with Gasteiger partial charge in [-0.1, -0.05) is 25.2 Å². The van der Waals surface area contributed by atoms with Crippen molar-refractivity contribution < 1.29 is 8.78 Å². The minimum atomic E-state index is -2.63. The summed E-state index contributed by atoms with van der Waals surface area (Å²) in [6.07, 6.45) is 5.44. The average molecular weight is 130 g/mol. The Balaban J connectivity index is 2.78. The SMILES string of the molecule is CC1C=CC=CC1(F)F. The maximum absolute atomic E-state index is 12.5. The Morgan fingerprint density at radius 2 is 2.00 bits per heavy atom. The van der Waals surface area contributed by atoms with Crippen LogP contribution in [0.1, 0.15) is 6.92 Å². The maximum atomic E-state index is 12.5. The van der Waals surface area contributed by atoms with E-state index in [0.29, 0.717) is 0 Å². The largest absolute Gasteiger partial charge is 0.272 e. The first kappa shape index (κ1) is 6.46. The van der Waals surface area contributed by atoms with Crippen molar-refractivity contribution in [3.05, 3.63) is 24.3 Å². The van der Waals surface area contributed by atoms with Gasteiger partial charge in [0.25, 0.3) is 5.92 Å². The van der Waals surface area contributed by atoms with Crippen LogP contribution in [0.3, 0.4) is 0 Å². The van der Waals surface area contributed by atoms with E-state index in [9.17, 15) is 8.78 Å². The van der Waals surface area contributed by atoms with E-state index < -0.39 is 11.8 Å². The first-order valence-electron chi connectivity index (χ1n) is 2.87. The standard InChI is InChI=1S/C7H8F2/c1-6-4-2-3-5-7(6,8)9/h2-6H,1H3. The molecular weight excluding hydrogens is 122 g/mol. The Hall–Kier alpha value is -0.660. The van der Waals surface area contributed by atoms with Gasteiger partial charge in [-0.2, -0.15) is 0 Å². The molecule has 1 unspecified atom stereocenters. The van der Waals surface area contributed by atoms with Gasteiger partial charge in [-0.25, -0.2) is 8.78 Å². The molecule has 0 aromatic rings. The van der Waals surface area contributed by atoms with E-state index in [1.807, 2.05) is 0 Å². The molecule has 0 spiro atoms. The average Bonchev–Trinajstić information content (AvgIpc) is 1.77. The molecule has 0 bridgehead atoms. The third kappa shape index (κ3) is 1.18. The van der Waals surface area contributed by atoms with Gasteiger partial charge < -0.3 is 0 Å². The molecule has 0 fully saturated rings. The highest BCUT2D eigenvalue weighted by atomic mass is 19.3. The summed E-state index contributed by atoms with van der Waals surface area (Å²) in [4.78, 5) is 0. The Morgan fingerprint density at radius 1 is 1.33 bits per heavy atom. The zero-order valence-corrected chi connectivity index (χ0v) is 5.14. The van der Waals surface area contributed by atoms with Gasteiger partial charge in [0.05, 0.1) is 0 Å². The summed E-state index contributed by atoms with van der Waals surface area (Å²) in [5.74, 6) is -3.28. The molecule has 0 radical (unpaired) electrons. The smallest absolute Gasteiger partial charge is 0.201 e. The van der Waals surface area contributed by atoms with Crippen LogP contribution in [0.25, 0.3) is 0 Å². The summed E-state index contributed by atoms with van der Waals surface area (Å²) in [6.45, 7) is 1.50. The molecule has 50 valence electrons.